The van der Waals surface area contributed by atoms with Gasteiger partial charge in [-0.2, -0.15) is 0 Å². The largest absolute Gasteiger partial charge is 0.332 e. The summed E-state index contributed by atoms with van der Waals surface area (Å²) < 4.78 is 39.2. The third kappa shape index (κ3) is 3.62. The second-order valence-corrected chi connectivity index (χ2v) is 5.91. The minimum absolute atomic E-state index is 0.0126. The Balaban J connectivity index is 1.73. The minimum Gasteiger partial charge on any atom is -0.324 e. The van der Waals surface area contributed by atoms with Gasteiger partial charge in [-0.1, -0.05) is 0 Å². The zero-order chi connectivity index (χ0) is 19.7. The normalized spacial score (nSPS) is 16.8. The number of imide groups is 1. The Morgan fingerprint density at radius 1 is 1.04 bits per heavy atom. The smallest absolute Gasteiger partial charge is 0.324 e. The fourth-order valence-corrected chi connectivity index (χ4v) is 2.73. The van der Waals surface area contributed by atoms with E-state index in [2.05, 4.69) is 5.32 Å². The number of carbonyl (C=O) groups excluding carboxylic acids is 3. The maximum atomic E-state index is 13.2. The fraction of sp³-hybridized carbons (Fsp3) is 0.167. The molecule has 6 nitrogen and oxygen atoms in total. The predicted octanol–water partition coefficient (Wildman–Crippen LogP) is 2.90. The van der Waals surface area contributed by atoms with Crippen molar-refractivity contribution in [2.24, 2.45) is 0 Å². The molecule has 0 saturated carbocycles. The summed E-state index contributed by atoms with van der Waals surface area (Å²) in [5, 5.41) is 2.30. The van der Waals surface area contributed by atoms with Gasteiger partial charge in [0.05, 0.1) is 0 Å². The number of hydrogen-bond donors (Lipinski definition) is 1. The molecule has 140 valence electrons. The van der Waals surface area contributed by atoms with Crippen LogP contribution in [0.1, 0.15) is 6.92 Å². The molecule has 2 aromatic carbocycles. The van der Waals surface area contributed by atoms with Gasteiger partial charge in [0, 0.05) is 17.4 Å². The molecule has 1 atom stereocenters. The van der Waals surface area contributed by atoms with Crippen molar-refractivity contribution in [1.82, 2.24) is 4.90 Å². The highest BCUT2D eigenvalue weighted by Crippen LogP contribution is 2.26. The van der Waals surface area contributed by atoms with Gasteiger partial charge in [-0.15, -0.1) is 0 Å². The second-order valence-electron chi connectivity index (χ2n) is 5.91. The number of rotatable bonds is 4. The van der Waals surface area contributed by atoms with Gasteiger partial charge in [0.25, 0.3) is 5.91 Å². The molecular formula is C18H14F3N3O3. The first kappa shape index (κ1) is 18.4. The quantitative estimate of drug-likeness (QED) is 0.833. The lowest BCUT2D eigenvalue weighted by Gasteiger charge is -2.19. The molecule has 0 bridgehead atoms. The summed E-state index contributed by atoms with van der Waals surface area (Å²) in [7, 11) is 0. The van der Waals surface area contributed by atoms with Crippen LogP contribution in [0.3, 0.4) is 0 Å². The Bertz CT molecular complexity index is 918. The van der Waals surface area contributed by atoms with Crippen molar-refractivity contribution in [2.45, 2.75) is 13.0 Å². The van der Waals surface area contributed by atoms with E-state index in [-0.39, 0.29) is 5.69 Å². The molecule has 1 saturated heterocycles. The summed E-state index contributed by atoms with van der Waals surface area (Å²) in [5.74, 6) is -4.06. The Labute approximate surface area is 152 Å². The monoisotopic (exact) mass is 377 g/mol. The van der Waals surface area contributed by atoms with Crippen LogP contribution < -0.4 is 10.2 Å². The van der Waals surface area contributed by atoms with Gasteiger partial charge in [0.1, 0.15) is 18.4 Å². The molecule has 1 fully saturated rings. The van der Waals surface area contributed by atoms with Crippen LogP contribution in [0.2, 0.25) is 0 Å². The SMILES string of the molecule is C[C@@H]1C(=O)N(CC(=O)Nc2ccc(F)c(F)c2)C(=O)N1c1ccc(F)cc1. The van der Waals surface area contributed by atoms with Crippen molar-refractivity contribution in [3.05, 3.63) is 59.9 Å². The number of nitrogens with one attached hydrogen (secondary N) is 1. The number of hydrogen-bond acceptors (Lipinski definition) is 3. The Morgan fingerprint density at radius 3 is 2.33 bits per heavy atom. The van der Waals surface area contributed by atoms with E-state index in [9.17, 15) is 27.6 Å². The highest BCUT2D eigenvalue weighted by molar-refractivity contribution is 6.16. The number of nitrogens with zero attached hydrogens (tertiary/aromatic N) is 2. The topological polar surface area (TPSA) is 69.7 Å². The summed E-state index contributed by atoms with van der Waals surface area (Å²) >= 11 is 0. The molecule has 0 radical (unpaired) electrons. The number of urea groups is 1. The number of carbonyl (C=O) groups is 3. The molecule has 2 aromatic rings. The lowest BCUT2D eigenvalue weighted by Crippen LogP contribution is -2.39. The van der Waals surface area contributed by atoms with Crippen LogP contribution in [-0.4, -0.2) is 35.3 Å². The molecule has 4 amide bonds. The second kappa shape index (κ2) is 7.10. The number of amides is 4. The Kier molecular flexibility index (Phi) is 4.85. The summed E-state index contributed by atoms with van der Waals surface area (Å²) in [6.07, 6.45) is 0. The zero-order valence-electron chi connectivity index (χ0n) is 14.1. The predicted molar refractivity (Wildman–Crippen MR) is 90.4 cm³/mol. The van der Waals surface area contributed by atoms with Crippen molar-refractivity contribution in [3.8, 4) is 0 Å². The molecule has 0 unspecified atom stereocenters. The van der Waals surface area contributed by atoms with Gasteiger partial charge in [-0.05, 0) is 43.3 Å². The van der Waals surface area contributed by atoms with E-state index >= 15 is 0 Å². The first-order chi connectivity index (χ1) is 12.8. The standard InChI is InChI=1S/C18H14F3N3O3/c1-10-17(26)23(18(27)24(10)13-5-2-11(19)3-6-13)9-16(25)22-12-4-7-14(20)15(21)8-12/h2-8,10H,9H2,1H3,(H,22,25)/t10-/m1/s1. The molecule has 0 spiro atoms. The molecule has 27 heavy (non-hydrogen) atoms. The van der Waals surface area contributed by atoms with E-state index in [4.69, 9.17) is 0 Å². The van der Waals surface area contributed by atoms with Crippen LogP contribution in [0.15, 0.2) is 42.5 Å². The molecule has 0 aromatic heterocycles. The van der Waals surface area contributed by atoms with Crippen LogP contribution in [0.4, 0.5) is 29.3 Å². The maximum absolute atomic E-state index is 13.2. The summed E-state index contributed by atoms with van der Waals surface area (Å²) in [6.45, 7) is 0.884. The third-order valence-electron chi connectivity index (χ3n) is 4.06. The van der Waals surface area contributed by atoms with E-state index in [1.54, 1.807) is 0 Å². The molecule has 1 N–H and O–H groups in total. The minimum atomic E-state index is -1.14. The van der Waals surface area contributed by atoms with Crippen molar-refractivity contribution in [2.75, 3.05) is 16.8 Å². The van der Waals surface area contributed by atoms with Gasteiger partial charge in [0.15, 0.2) is 11.6 Å². The number of anilines is 2. The summed E-state index contributed by atoms with van der Waals surface area (Å²) in [6, 6.07) is 6.17. The molecule has 1 heterocycles. The van der Waals surface area contributed by atoms with E-state index in [0.717, 1.165) is 40.1 Å². The Hall–Kier alpha value is -3.36. The van der Waals surface area contributed by atoms with Crippen LogP contribution in [0, 0.1) is 17.5 Å². The zero-order valence-corrected chi connectivity index (χ0v) is 14.1. The number of halogens is 3. The van der Waals surface area contributed by atoms with Gasteiger partial charge in [-0.25, -0.2) is 18.0 Å². The molecule has 1 aliphatic heterocycles. The highest BCUT2D eigenvalue weighted by Gasteiger charge is 2.44. The van der Waals surface area contributed by atoms with E-state index in [0.29, 0.717) is 5.69 Å². The maximum Gasteiger partial charge on any atom is 0.332 e. The molecule has 1 aliphatic rings. The molecule has 0 aliphatic carbocycles. The Morgan fingerprint density at radius 2 is 1.70 bits per heavy atom. The fourth-order valence-electron chi connectivity index (χ4n) is 2.73. The van der Waals surface area contributed by atoms with Crippen molar-refractivity contribution in [1.29, 1.82) is 0 Å². The first-order valence-corrected chi connectivity index (χ1v) is 7.93. The lowest BCUT2D eigenvalue weighted by atomic mass is 10.2. The van der Waals surface area contributed by atoms with Gasteiger partial charge >= 0.3 is 6.03 Å². The third-order valence-corrected chi connectivity index (χ3v) is 4.06. The molecular weight excluding hydrogens is 363 g/mol. The summed E-state index contributed by atoms with van der Waals surface area (Å²) in [4.78, 5) is 38.9. The lowest BCUT2D eigenvalue weighted by molar-refractivity contribution is -0.130. The van der Waals surface area contributed by atoms with Crippen LogP contribution in [0.25, 0.3) is 0 Å². The highest BCUT2D eigenvalue weighted by atomic mass is 19.2. The number of benzene rings is 2. The van der Waals surface area contributed by atoms with E-state index in [1.807, 2.05) is 0 Å². The first-order valence-electron chi connectivity index (χ1n) is 7.93. The van der Waals surface area contributed by atoms with Gasteiger partial charge < -0.3 is 5.32 Å². The van der Waals surface area contributed by atoms with Gasteiger partial charge in [-0.3, -0.25) is 19.4 Å². The molecule has 3 rings (SSSR count). The van der Waals surface area contributed by atoms with Crippen molar-refractivity contribution < 1.29 is 27.6 Å². The van der Waals surface area contributed by atoms with Crippen LogP contribution in [0.5, 0.6) is 0 Å². The van der Waals surface area contributed by atoms with E-state index < -0.39 is 47.9 Å². The van der Waals surface area contributed by atoms with Crippen LogP contribution >= 0.6 is 0 Å². The average Bonchev–Trinajstić information content (AvgIpc) is 2.83. The van der Waals surface area contributed by atoms with E-state index in [1.165, 1.54) is 19.1 Å². The molecule has 9 heteroatoms. The average molecular weight is 377 g/mol. The van der Waals surface area contributed by atoms with Crippen molar-refractivity contribution in [3.63, 3.8) is 0 Å². The summed E-state index contributed by atoms with van der Waals surface area (Å²) in [5.41, 5.74) is 0.298. The van der Waals surface area contributed by atoms with Crippen molar-refractivity contribution >= 4 is 29.2 Å². The van der Waals surface area contributed by atoms with Gasteiger partial charge in [0.2, 0.25) is 5.91 Å². The van der Waals surface area contributed by atoms with Crippen LogP contribution in [-0.2, 0) is 9.59 Å².